The second kappa shape index (κ2) is 7.57. The number of carbonyl (C=O) groups is 2. The van der Waals surface area contributed by atoms with E-state index >= 15 is 0 Å². The number of nitrogens with zero attached hydrogens (tertiary/aromatic N) is 3. The zero-order valence-corrected chi connectivity index (χ0v) is 14.7. The maximum atomic E-state index is 12.6. The van der Waals surface area contributed by atoms with Crippen LogP contribution in [-0.2, 0) is 9.59 Å². The van der Waals surface area contributed by atoms with Gasteiger partial charge in [0.15, 0.2) is 11.5 Å². The molecule has 0 spiro atoms. The van der Waals surface area contributed by atoms with Crippen molar-refractivity contribution >= 4 is 11.7 Å². The predicted molar refractivity (Wildman–Crippen MR) is 91.4 cm³/mol. The van der Waals surface area contributed by atoms with E-state index in [2.05, 4.69) is 4.98 Å². The van der Waals surface area contributed by atoms with Crippen molar-refractivity contribution in [2.75, 3.05) is 27.2 Å². The van der Waals surface area contributed by atoms with E-state index in [0.717, 1.165) is 13.0 Å². The van der Waals surface area contributed by atoms with Gasteiger partial charge in [-0.25, -0.2) is 0 Å². The van der Waals surface area contributed by atoms with Gasteiger partial charge in [-0.15, -0.1) is 0 Å². The van der Waals surface area contributed by atoms with Crippen molar-refractivity contribution in [2.24, 2.45) is 5.92 Å². The van der Waals surface area contributed by atoms with Gasteiger partial charge in [-0.3, -0.25) is 14.6 Å². The molecule has 1 unspecified atom stereocenters. The van der Waals surface area contributed by atoms with E-state index < -0.39 is 17.7 Å². The lowest BCUT2D eigenvalue weighted by Crippen LogP contribution is -2.34. The Morgan fingerprint density at radius 1 is 1.38 bits per heavy atom. The van der Waals surface area contributed by atoms with Gasteiger partial charge in [0, 0.05) is 18.7 Å². The number of aliphatic hydroxyl groups excluding tert-OH is 1. The third-order valence-corrected chi connectivity index (χ3v) is 4.07. The first-order chi connectivity index (χ1) is 11.3. The fourth-order valence-corrected chi connectivity index (χ4v) is 2.85. The van der Waals surface area contributed by atoms with Crippen LogP contribution >= 0.6 is 0 Å². The van der Waals surface area contributed by atoms with Crippen molar-refractivity contribution in [3.63, 3.8) is 0 Å². The number of carbonyl (C=O) groups excluding carboxylic acids is 2. The second-order valence-corrected chi connectivity index (χ2v) is 6.59. The number of pyridine rings is 1. The fourth-order valence-electron chi connectivity index (χ4n) is 2.85. The summed E-state index contributed by atoms with van der Waals surface area (Å²) in [7, 11) is 3.93. The number of aromatic nitrogens is 1. The summed E-state index contributed by atoms with van der Waals surface area (Å²) in [6, 6.07) is 4.76. The second-order valence-electron chi connectivity index (χ2n) is 6.59. The third-order valence-electron chi connectivity index (χ3n) is 4.07. The highest BCUT2D eigenvalue weighted by Gasteiger charge is 2.44. The van der Waals surface area contributed by atoms with Crippen molar-refractivity contribution in [3.05, 3.63) is 41.4 Å². The zero-order valence-electron chi connectivity index (χ0n) is 14.7. The van der Waals surface area contributed by atoms with Crippen LogP contribution in [0.4, 0.5) is 0 Å². The molecule has 1 aromatic rings. The highest BCUT2D eigenvalue weighted by molar-refractivity contribution is 6.09. The van der Waals surface area contributed by atoms with Crippen LogP contribution in [0.5, 0.6) is 0 Å². The maximum Gasteiger partial charge on any atom is 0.290 e. The average Bonchev–Trinajstić information content (AvgIpc) is 2.79. The number of hydrogen-bond donors (Lipinski definition) is 1. The van der Waals surface area contributed by atoms with E-state index in [4.69, 9.17) is 0 Å². The molecule has 6 heteroatoms. The standard InChI is InChI=1S/C18H25N3O3/c1-12(2)16(22)14-15(13-8-5-6-9-19-13)21(18(24)17(14)23)11-7-10-20(3)4/h5-6,8-9,12,15,23H,7,10-11H2,1-4H3. The maximum absolute atomic E-state index is 12.6. The molecule has 1 amide bonds. The van der Waals surface area contributed by atoms with Crippen molar-refractivity contribution in [2.45, 2.75) is 26.3 Å². The summed E-state index contributed by atoms with van der Waals surface area (Å²) < 4.78 is 0. The summed E-state index contributed by atoms with van der Waals surface area (Å²) in [4.78, 5) is 33.0. The molecule has 130 valence electrons. The smallest absolute Gasteiger partial charge is 0.290 e. The van der Waals surface area contributed by atoms with Gasteiger partial charge in [-0.05, 0) is 39.2 Å². The van der Waals surface area contributed by atoms with Gasteiger partial charge >= 0.3 is 0 Å². The van der Waals surface area contributed by atoms with E-state index in [-0.39, 0.29) is 17.3 Å². The number of amides is 1. The highest BCUT2D eigenvalue weighted by atomic mass is 16.3. The van der Waals surface area contributed by atoms with Gasteiger partial charge in [0.25, 0.3) is 5.91 Å². The quantitative estimate of drug-likeness (QED) is 0.827. The third kappa shape index (κ3) is 3.64. The Labute approximate surface area is 142 Å². The minimum atomic E-state index is -0.615. The Kier molecular flexibility index (Phi) is 5.72. The van der Waals surface area contributed by atoms with Crippen LogP contribution < -0.4 is 0 Å². The molecule has 0 fully saturated rings. The Hall–Kier alpha value is -2.21. The van der Waals surface area contributed by atoms with E-state index in [1.165, 1.54) is 0 Å². The molecule has 0 bridgehead atoms. The van der Waals surface area contributed by atoms with Gasteiger partial charge in [-0.2, -0.15) is 0 Å². The van der Waals surface area contributed by atoms with Crippen LogP contribution in [0.25, 0.3) is 0 Å². The fraction of sp³-hybridized carbons (Fsp3) is 0.500. The predicted octanol–water partition coefficient (Wildman–Crippen LogP) is 1.95. The molecule has 1 N–H and O–H groups in total. The molecule has 1 aliphatic rings. The Morgan fingerprint density at radius 3 is 2.62 bits per heavy atom. The van der Waals surface area contributed by atoms with Gasteiger partial charge < -0.3 is 14.9 Å². The van der Waals surface area contributed by atoms with Crippen LogP contribution in [0.1, 0.15) is 32.0 Å². The van der Waals surface area contributed by atoms with Crippen molar-refractivity contribution in [3.8, 4) is 0 Å². The lowest BCUT2D eigenvalue weighted by molar-refractivity contribution is -0.129. The summed E-state index contributed by atoms with van der Waals surface area (Å²) in [6.45, 7) is 4.79. The SMILES string of the molecule is CC(C)C(=O)C1=C(O)C(=O)N(CCCN(C)C)C1c1ccccn1. The minimum Gasteiger partial charge on any atom is -0.503 e. The Balaban J connectivity index is 2.38. The number of aliphatic hydroxyl groups is 1. The first-order valence-corrected chi connectivity index (χ1v) is 8.18. The number of ketones is 1. The van der Waals surface area contributed by atoms with Crippen molar-refractivity contribution < 1.29 is 14.7 Å². The molecule has 2 rings (SSSR count). The molecular weight excluding hydrogens is 306 g/mol. The molecule has 0 saturated heterocycles. The molecule has 6 nitrogen and oxygen atoms in total. The first kappa shape index (κ1) is 18.1. The summed E-state index contributed by atoms with van der Waals surface area (Å²) in [5.41, 5.74) is 0.766. The number of rotatable bonds is 7. The molecule has 1 aliphatic heterocycles. The molecule has 0 aliphatic carbocycles. The highest BCUT2D eigenvalue weighted by Crippen LogP contribution is 2.37. The molecule has 2 heterocycles. The monoisotopic (exact) mass is 331 g/mol. The van der Waals surface area contributed by atoms with Gasteiger partial charge in [0.2, 0.25) is 0 Å². The van der Waals surface area contributed by atoms with Crippen LogP contribution in [0, 0.1) is 5.92 Å². The normalized spacial score (nSPS) is 18.2. The van der Waals surface area contributed by atoms with Crippen molar-refractivity contribution in [1.29, 1.82) is 0 Å². The largest absolute Gasteiger partial charge is 0.503 e. The van der Waals surface area contributed by atoms with Crippen LogP contribution in [-0.4, -0.2) is 58.8 Å². The molecular formula is C18H25N3O3. The summed E-state index contributed by atoms with van der Waals surface area (Å²) >= 11 is 0. The van der Waals surface area contributed by atoms with Crippen LogP contribution in [0.3, 0.4) is 0 Å². The molecule has 1 aromatic heterocycles. The van der Waals surface area contributed by atoms with E-state index in [1.54, 1.807) is 37.1 Å². The van der Waals surface area contributed by atoms with Crippen LogP contribution in [0.15, 0.2) is 35.7 Å². The van der Waals surface area contributed by atoms with Crippen LogP contribution in [0.2, 0.25) is 0 Å². The Bertz CT molecular complexity index is 638. The number of Topliss-reactive ketones (excluding diaryl/α,β-unsaturated/α-hetero) is 1. The van der Waals surface area contributed by atoms with Crippen molar-refractivity contribution in [1.82, 2.24) is 14.8 Å². The number of hydrogen-bond acceptors (Lipinski definition) is 5. The van der Waals surface area contributed by atoms with E-state index in [9.17, 15) is 14.7 Å². The zero-order chi connectivity index (χ0) is 17.9. The minimum absolute atomic E-state index is 0.165. The molecule has 0 saturated carbocycles. The molecule has 0 radical (unpaired) electrons. The lowest BCUT2D eigenvalue weighted by atomic mass is 9.93. The molecule has 24 heavy (non-hydrogen) atoms. The summed E-state index contributed by atoms with van der Waals surface area (Å²) in [5.74, 6) is -1.45. The lowest BCUT2D eigenvalue weighted by Gasteiger charge is -2.27. The van der Waals surface area contributed by atoms with E-state index in [0.29, 0.717) is 12.2 Å². The summed E-state index contributed by atoms with van der Waals surface area (Å²) in [6.07, 6.45) is 2.38. The summed E-state index contributed by atoms with van der Waals surface area (Å²) in [5, 5.41) is 10.3. The molecule has 0 aromatic carbocycles. The average molecular weight is 331 g/mol. The topological polar surface area (TPSA) is 73.7 Å². The van der Waals surface area contributed by atoms with Gasteiger partial charge in [0.1, 0.15) is 6.04 Å². The Morgan fingerprint density at radius 2 is 2.08 bits per heavy atom. The first-order valence-electron chi connectivity index (χ1n) is 8.18. The van der Waals surface area contributed by atoms with E-state index in [1.807, 2.05) is 25.1 Å². The van der Waals surface area contributed by atoms with Gasteiger partial charge in [-0.1, -0.05) is 19.9 Å². The van der Waals surface area contributed by atoms with Gasteiger partial charge in [0.05, 0.1) is 11.3 Å². The molecule has 1 atom stereocenters.